The molecule has 0 spiro atoms. The SMILES string of the molecule is CN1CCN(CC(=O)c2c(F)cccc2F)CC1. The van der Waals surface area contributed by atoms with Crippen molar-refractivity contribution in [2.24, 2.45) is 0 Å². The van der Waals surface area contributed by atoms with Crippen LogP contribution in [0.5, 0.6) is 0 Å². The Morgan fingerprint density at radius 2 is 1.72 bits per heavy atom. The molecule has 0 radical (unpaired) electrons. The molecule has 2 rings (SSSR count). The van der Waals surface area contributed by atoms with E-state index >= 15 is 0 Å². The molecule has 0 N–H and O–H groups in total. The van der Waals surface area contributed by atoms with Crippen LogP contribution in [0.1, 0.15) is 10.4 Å². The molecule has 5 heteroatoms. The number of likely N-dealkylation sites (N-methyl/N-ethyl adjacent to an activating group) is 1. The van der Waals surface area contributed by atoms with Gasteiger partial charge in [0, 0.05) is 26.2 Å². The van der Waals surface area contributed by atoms with Crippen LogP contribution in [0.2, 0.25) is 0 Å². The second-order valence-electron chi connectivity index (χ2n) is 4.60. The number of carbonyl (C=O) groups is 1. The molecule has 0 aromatic heterocycles. The fourth-order valence-corrected chi connectivity index (χ4v) is 2.05. The minimum atomic E-state index is -0.783. The summed E-state index contributed by atoms with van der Waals surface area (Å²) < 4.78 is 26.9. The largest absolute Gasteiger partial charge is 0.304 e. The molecular weight excluding hydrogens is 238 g/mol. The third-order valence-corrected chi connectivity index (χ3v) is 3.20. The van der Waals surface area contributed by atoms with Crippen molar-refractivity contribution in [1.29, 1.82) is 0 Å². The van der Waals surface area contributed by atoms with Crippen molar-refractivity contribution < 1.29 is 13.6 Å². The quantitative estimate of drug-likeness (QED) is 0.762. The van der Waals surface area contributed by atoms with Crippen LogP contribution in [0.15, 0.2) is 18.2 Å². The monoisotopic (exact) mass is 254 g/mol. The molecule has 1 aromatic carbocycles. The normalized spacial score (nSPS) is 17.9. The third-order valence-electron chi connectivity index (χ3n) is 3.20. The summed E-state index contributed by atoms with van der Waals surface area (Å²) in [6.45, 7) is 3.31. The Balaban J connectivity index is 2.04. The van der Waals surface area contributed by atoms with Crippen LogP contribution in [0, 0.1) is 11.6 Å². The Morgan fingerprint density at radius 1 is 1.17 bits per heavy atom. The molecule has 1 aliphatic rings. The first-order valence-electron chi connectivity index (χ1n) is 5.96. The van der Waals surface area contributed by atoms with E-state index in [1.54, 1.807) is 0 Å². The van der Waals surface area contributed by atoms with Crippen LogP contribution in [0.4, 0.5) is 8.78 Å². The zero-order valence-electron chi connectivity index (χ0n) is 10.3. The number of halogens is 2. The lowest BCUT2D eigenvalue weighted by atomic mass is 10.1. The minimum absolute atomic E-state index is 0.0751. The Bertz CT molecular complexity index is 422. The Hall–Kier alpha value is -1.33. The van der Waals surface area contributed by atoms with Gasteiger partial charge in [0.25, 0.3) is 0 Å². The Morgan fingerprint density at radius 3 is 2.28 bits per heavy atom. The van der Waals surface area contributed by atoms with Crippen LogP contribution in [0.25, 0.3) is 0 Å². The second kappa shape index (κ2) is 5.54. The Labute approximate surface area is 105 Å². The number of nitrogens with zero attached hydrogens (tertiary/aromatic N) is 2. The van der Waals surface area contributed by atoms with Crippen molar-refractivity contribution in [3.05, 3.63) is 35.4 Å². The van der Waals surface area contributed by atoms with Gasteiger partial charge in [-0.2, -0.15) is 0 Å². The van der Waals surface area contributed by atoms with Gasteiger partial charge in [-0.25, -0.2) is 8.78 Å². The van der Waals surface area contributed by atoms with E-state index in [-0.39, 0.29) is 6.54 Å². The van der Waals surface area contributed by atoms with E-state index in [9.17, 15) is 13.6 Å². The highest BCUT2D eigenvalue weighted by atomic mass is 19.1. The van der Waals surface area contributed by atoms with Gasteiger partial charge in [0.1, 0.15) is 11.6 Å². The minimum Gasteiger partial charge on any atom is -0.304 e. The molecule has 0 atom stereocenters. The summed E-state index contributed by atoms with van der Waals surface area (Å²) in [5, 5.41) is 0. The molecule has 0 unspecified atom stereocenters. The predicted molar refractivity (Wildman–Crippen MR) is 64.6 cm³/mol. The van der Waals surface area contributed by atoms with Gasteiger partial charge in [-0.15, -0.1) is 0 Å². The van der Waals surface area contributed by atoms with Gasteiger partial charge < -0.3 is 4.90 Å². The molecule has 3 nitrogen and oxygen atoms in total. The summed E-state index contributed by atoms with van der Waals surface area (Å²) in [6.07, 6.45) is 0. The number of carbonyl (C=O) groups excluding carboxylic acids is 1. The zero-order chi connectivity index (χ0) is 13.1. The van der Waals surface area contributed by atoms with Gasteiger partial charge in [0.05, 0.1) is 12.1 Å². The summed E-state index contributed by atoms with van der Waals surface area (Å²) in [4.78, 5) is 16.0. The van der Waals surface area contributed by atoms with Crippen molar-refractivity contribution in [1.82, 2.24) is 9.80 Å². The van der Waals surface area contributed by atoms with Crippen LogP contribution >= 0.6 is 0 Å². The highest BCUT2D eigenvalue weighted by Gasteiger charge is 2.21. The van der Waals surface area contributed by atoms with Gasteiger partial charge in [-0.3, -0.25) is 9.69 Å². The van der Waals surface area contributed by atoms with E-state index in [1.807, 2.05) is 11.9 Å². The summed E-state index contributed by atoms with van der Waals surface area (Å²) in [5.41, 5.74) is -0.420. The van der Waals surface area contributed by atoms with Gasteiger partial charge in [0.2, 0.25) is 0 Å². The zero-order valence-corrected chi connectivity index (χ0v) is 10.3. The highest BCUT2D eigenvalue weighted by Crippen LogP contribution is 2.13. The molecule has 1 fully saturated rings. The van der Waals surface area contributed by atoms with E-state index < -0.39 is 23.0 Å². The number of hydrogen-bond donors (Lipinski definition) is 0. The fourth-order valence-electron chi connectivity index (χ4n) is 2.05. The number of hydrogen-bond acceptors (Lipinski definition) is 3. The lowest BCUT2D eigenvalue weighted by Gasteiger charge is -2.31. The van der Waals surface area contributed by atoms with Crippen molar-refractivity contribution in [2.45, 2.75) is 0 Å². The van der Waals surface area contributed by atoms with Crippen LogP contribution in [-0.4, -0.2) is 55.4 Å². The fraction of sp³-hybridized carbons (Fsp3) is 0.462. The van der Waals surface area contributed by atoms with Gasteiger partial charge >= 0.3 is 0 Å². The van der Waals surface area contributed by atoms with E-state index in [1.165, 1.54) is 6.07 Å². The molecule has 1 heterocycles. The molecule has 0 bridgehead atoms. The first-order valence-corrected chi connectivity index (χ1v) is 5.96. The first-order chi connectivity index (χ1) is 8.58. The summed E-state index contributed by atoms with van der Waals surface area (Å²) in [7, 11) is 2.01. The molecule has 98 valence electrons. The molecular formula is C13H16F2N2O. The van der Waals surface area contributed by atoms with E-state index in [0.29, 0.717) is 0 Å². The number of benzene rings is 1. The lowest BCUT2D eigenvalue weighted by molar-refractivity contribution is 0.0868. The summed E-state index contributed by atoms with van der Waals surface area (Å²) >= 11 is 0. The standard InChI is InChI=1S/C13H16F2N2O/c1-16-5-7-17(8-6-16)9-12(18)13-10(14)3-2-4-11(13)15/h2-4H,5-9H2,1H3. The molecule has 1 aromatic rings. The van der Waals surface area contributed by atoms with E-state index in [0.717, 1.165) is 38.3 Å². The second-order valence-corrected chi connectivity index (χ2v) is 4.60. The van der Waals surface area contributed by atoms with Crippen molar-refractivity contribution in [3.63, 3.8) is 0 Å². The number of rotatable bonds is 3. The smallest absolute Gasteiger partial charge is 0.182 e. The van der Waals surface area contributed by atoms with Gasteiger partial charge in [0.15, 0.2) is 5.78 Å². The molecule has 0 saturated carbocycles. The molecule has 0 aliphatic carbocycles. The molecule has 0 amide bonds. The van der Waals surface area contributed by atoms with Crippen LogP contribution in [-0.2, 0) is 0 Å². The first kappa shape index (κ1) is 13.1. The van der Waals surface area contributed by atoms with E-state index in [4.69, 9.17) is 0 Å². The van der Waals surface area contributed by atoms with Crippen LogP contribution in [0.3, 0.4) is 0 Å². The van der Waals surface area contributed by atoms with Crippen LogP contribution < -0.4 is 0 Å². The van der Waals surface area contributed by atoms with Crippen molar-refractivity contribution >= 4 is 5.78 Å². The van der Waals surface area contributed by atoms with Crippen molar-refractivity contribution in [3.8, 4) is 0 Å². The number of Topliss-reactive ketones (excluding diaryl/α,β-unsaturated/α-hetero) is 1. The average molecular weight is 254 g/mol. The maximum Gasteiger partial charge on any atom is 0.182 e. The average Bonchev–Trinajstić information content (AvgIpc) is 2.32. The third kappa shape index (κ3) is 2.91. The maximum atomic E-state index is 13.4. The van der Waals surface area contributed by atoms with Crippen molar-refractivity contribution in [2.75, 3.05) is 39.8 Å². The predicted octanol–water partition coefficient (Wildman–Crippen LogP) is 1.39. The molecule has 1 aliphatic heterocycles. The summed E-state index contributed by atoms with van der Waals surface area (Å²) in [6, 6.07) is 3.48. The Kier molecular flexibility index (Phi) is 4.04. The summed E-state index contributed by atoms with van der Waals surface area (Å²) in [5.74, 6) is -2.06. The topological polar surface area (TPSA) is 23.6 Å². The molecule has 1 saturated heterocycles. The number of ketones is 1. The number of piperazine rings is 1. The maximum absolute atomic E-state index is 13.4. The lowest BCUT2D eigenvalue weighted by Crippen LogP contribution is -2.46. The highest BCUT2D eigenvalue weighted by molar-refractivity contribution is 5.98. The van der Waals surface area contributed by atoms with E-state index in [2.05, 4.69) is 4.90 Å². The van der Waals surface area contributed by atoms with Gasteiger partial charge in [-0.1, -0.05) is 6.07 Å². The molecule has 18 heavy (non-hydrogen) atoms. The van der Waals surface area contributed by atoms with Gasteiger partial charge in [-0.05, 0) is 19.2 Å².